The van der Waals surface area contributed by atoms with Gasteiger partial charge < -0.3 is 10.1 Å². The van der Waals surface area contributed by atoms with Crippen LogP contribution in [0.15, 0.2) is 36.4 Å². The van der Waals surface area contributed by atoms with Gasteiger partial charge in [0, 0.05) is 23.4 Å². The Morgan fingerprint density at radius 1 is 1.15 bits per heavy atom. The Labute approximate surface area is 194 Å². The number of ether oxygens (including phenoxy) is 1. The number of hydrogen-bond acceptors (Lipinski definition) is 7. The summed E-state index contributed by atoms with van der Waals surface area (Å²) < 4.78 is 5.32. The lowest BCUT2D eigenvalue weighted by Gasteiger charge is -2.36. The summed E-state index contributed by atoms with van der Waals surface area (Å²) in [6, 6.07) is 9.23. The molecule has 0 radical (unpaired) electrons. The molecule has 0 saturated carbocycles. The molecule has 2 aromatic rings. The smallest absolute Gasteiger partial charge is 0.273 e. The van der Waals surface area contributed by atoms with E-state index >= 15 is 0 Å². The van der Waals surface area contributed by atoms with Crippen LogP contribution in [0.2, 0.25) is 0 Å². The van der Waals surface area contributed by atoms with Crippen LogP contribution >= 0.6 is 0 Å². The standard InChI is InChI=1S/C24H22N4O6/c1-12-5-7-15-14(10-12)24(23(31)25-15)20-19(17-4-3-9-26(17)24)21(29)27(22(20)30)16-8-6-13(28(32)33)11-18(16)34-2/h5-8,10-11,17,19-20H,3-4,9H2,1-2H3,(H,25,31)/t17-,19+,20+,24+/m0/s1. The summed E-state index contributed by atoms with van der Waals surface area (Å²) in [7, 11) is 1.33. The Morgan fingerprint density at radius 3 is 2.68 bits per heavy atom. The van der Waals surface area contributed by atoms with Gasteiger partial charge in [0.05, 0.1) is 35.6 Å². The summed E-state index contributed by atoms with van der Waals surface area (Å²) in [5, 5.41) is 14.2. The number of nitrogens with one attached hydrogen (secondary N) is 1. The zero-order chi connectivity index (χ0) is 23.9. The fraction of sp³-hybridized carbons (Fsp3) is 0.375. The molecule has 34 heavy (non-hydrogen) atoms. The second-order valence-electron chi connectivity index (χ2n) is 9.30. The Bertz CT molecular complexity index is 1310. The van der Waals surface area contributed by atoms with Crippen molar-refractivity contribution in [3.05, 3.63) is 57.6 Å². The average molecular weight is 462 g/mol. The van der Waals surface area contributed by atoms with E-state index in [4.69, 9.17) is 4.74 Å². The van der Waals surface area contributed by atoms with Gasteiger partial charge in [-0.25, -0.2) is 4.90 Å². The van der Waals surface area contributed by atoms with Crippen molar-refractivity contribution in [3.63, 3.8) is 0 Å². The highest BCUT2D eigenvalue weighted by atomic mass is 16.6. The molecule has 6 rings (SSSR count). The predicted octanol–water partition coefficient (Wildman–Crippen LogP) is 2.34. The quantitative estimate of drug-likeness (QED) is 0.422. The van der Waals surface area contributed by atoms with Crippen LogP contribution in [-0.2, 0) is 19.9 Å². The molecule has 10 heteroatoms. The number of anilines is 2. The molecule has 1 N–H and O–H groups in total. The van der Waals surface area contributed by atoms with Gasteiger partial charge >= 0.3 is 0 Å². The highest BCUT2D eigenvalue weighted by Gasteiger charge is 2.74. The molecular formula is C24H22N4O6. The van der Waals surface area contributed by atoms with Crippen molar-refractivity contribution in [2.75, 3.05) is 23.9 Å². The first-order valence-corrected chi connectivity index (χ1v) is 11.2. The van der Waals surface area contributed by atoms with Gasteiger partial charge in [0.25, 0.3) is 5.69 Å². The third-order valence-corrected chi connectivity index (χ3v) is 7.76. The summed E-state index contributed by atoms with van der Waals surface area (Å²) in [6.07, 6.45) is 1.54. The number of carbonyl (C=O) groups excluding carboxylic acids is 3. The molecule has 3 fully saturated rings. The van der Waals surface area contributed by atoms with Crippen LogP contribution in [0.4, 0.5) is 17.1 Å². The molecule has 4 heterocycles. The van der Waals surface area contributed by atoms with Crippen molar-refractivity contribution < 1.29 is 24.0 Å². The van der Waals surface area contributed by atoms with Crippen LogP contribution in [0.3, 0.4) is 0 Å². The van der Waals surface area contributed by atoms with Crippen molar-refractivity contribution in [1.82, 2.24) is 4.90 Å². The first-order chi connectivity index (χ1) is 16.3. The highest BCUT2D eigenvalue weighted by Crippen LogP contribution is 2.61. The van der Waals surface area contributed by atoms with E-state index in [0.29, 0.717) is 18.7 Å². The number of aryl methyl sites for hydroxylation is 1. The fourth-order valence-corrected chi connectivity index (χ4v) is 6.52. The average Bonchev–Trinajstić information content (AvgIpc) is 3.52. The molecule has 10 nitrogen and oxygen atoms in total. The molecule has 0 bridgehead atoms. The highest BCUT2D eigenvalue weighted by molar-refractivity contribution is 6.26. The van der Waals surface area contributed by atoms with Gasteiger partial charge in [0.1, 0.15) is 11.3 Å². The summed E-state index contributed by atoms with van der Waals surface area (Å²) in [5.41, 5.74) is 1.03. The van der Waals surface area contributed by atoms with E-state index in [1.54, 1.807) is 0 Å². The molecule has 0 unspecified atom stereocenters. The van der Waals surface area contributed by atoms with Crippen LogP contribution in [0.5, 0.6) is 5.75 Å². The SMILES string of the molecule is COc1cc([N+](=O)[O-])ccc1N1C(=O)[C@@H]2[C@@H]3CCCN3[C@@]3(C(=O)Nc4ccc(C)cc43)[C@H]2C1=O. The Kier molecular flexibility index (Phi) is 4.20. The second-order valence-corrected chi connectivity index (χ2v) is 9.30. The monoisotopic (exact) mass is 462 g/mol. The van der Waals surface area contributed by atoms with Crippen LogP contribution in [0.1, 0.15) is 24.0 Å². The van der Waals surface area contributed by atoms with Gasteiger partial charge in [-0.15, -0.1) is 0 Å². The predicted molar refractivity (Wildman–Crippen MR) is 120 cm³/mol. The molecule has 174 valence electrons. The number of nitrogens with zero attached hydrogens (tertiary/aromatic N) is 3. The minimum atomic E-state index is -1.26. The number of carbonyl (C=O) groups is 3. The normalized spacial score (nSPS) is 29.4. The third kappa shape index (κ3) is 2.35. The maximum absolute atomic E-state index is 14.0. The minimum absolute atomic E-state index is 0.0559. The number of benzene rings is 2. The summed E-state index contributed by atoms with van der Waals surface area (Å²) >= 11 is 0. The molecule has 2 aromatic carbocycles. The van der Waals surface area contributed by atoms with E-state index in [1.165, 1.54) is 25.3 Å². The van der Waals surface area contributed by atoms with E-state index in [9.17, 15) is 24.5 Å². The van der Waals surface area contributed by atoms with Crippen LogP contribution in [0, 0.1) is 28.9 Å². The first-order valence-electron chi connectivity index (χ1n) is 11.2. The fourth-order valence-electron chi connectivity index (χ4n) is 6.52. The number of methoxy groups -OCH3 is 1. The summed E-state index contributed by atoms with van der Waals surface area (Å²) in [6.45, 7) is 2.56. The number of non-ortho nitro benzene ring substituents is 1. The number of rotatable bonds is 3. The molecule has 3 saturated heterocycles. The van der Waals surface area contributed by atoms with Crippen molar-refractivity contribution in [2.45, 2.75) is 31.3 Å². The van der Waals surface area contributed by atoms with Gasteiger partial charge in [-0.1, -0.05) is 17.7 Å². The number of nitro groups is 1. The zero-order valence-corrected chi connectivity index (χ0v) is 18.6. The van der Waals surface area contributed by atoms with Gasteiger partial charge in [0.15, 0.2) is 0 Å². The zero-order valence-electron chi connectivity index (χ0n) is 18.6. The molecule has 4 aliphatic rings. The van der Waals surface area contributed by atoms with E-state index < -0.39 is 34.1 Å². The molecule has 3 amide bonds. The summed E-state index contributed by atoms with van der Waals surface area (Å²) in [5.74, 6) is -2.70. The third-order valence-electron chi connectivity index (χ3n) is 7.76. The lowest BCUT2D eigenvalue weighted by molar-refractivity contribution is -0.384. The lowest BCUT2D eigenvalue weighted by atomic mass is 9.75. The maximum Gasteiger partial charge on any atom is 0.273 e. The minimum Gasteiger partial charge on any atom is -0.494 e. The van der Waals surface area contributed by atoms with Crippen LogP contribution in [0.25, 0.3) is 0 Å². The molecule has 0 aromatic heterocycles. The number of hydrogen-bond donors (Lipinski definition) is 1. The molecular weight excluding hydrogens is 440 g/mol. The van der Waals surface area contributed by atoms with Crippen molar-refractivity contribution >= 4 is 34.8 Å². The maximum atomic E-state index is 14.0. The summed E-state index contributed by atoms with van der Waals surface area (Å²) in [4.78, 5) is 55.3. The number of imide groups is 1. The van der Waals surface area contributed by atoms with Crippen molar-refractivity contribution in [1.29, 1.82) is 0 Å². The van der Waals surface area contributed by atoms with Crippen molar-refractivity contribution in [3.8, 4) is 5.75 Å². The number of nitro benzene ring substituents is 1. The Balaban J connectivity index is 1.53. The van der Waals surface area contributed by atoms with E-state index in [-0.39, 0.29) is 29.1 Å². The second kappa shape index (κ2) is 6.86. The number of amides is 3. The lowest BCUT2D eigenvalue weighted by Crippen LogP contribution is -2.54. The first kappa shape index (κ1) is 20.8. The largest absolute Gasteiger partial charge is 0.494 e. The van der Waals surface area contributed by atoms with Crippen LogP contribution < -0.4 is 15.0 Å². The molecule has 0 aliphatic carbocycles. The van der Waals surface area contributed by atoms with Gasteiger partial charge in [-0.2, -0.15) is 0 Å². The Morgan fingerprint density at radius 2 is 1.94 bits per heavy atom. The van der Waals surface area contributed by atoms with E-state index in [1.807, 2.05) is 25.1 Å². The van der Waals surface area contributed by atoms with Gasteiger partial charge in [-0.05, 0) is 38.4 Å². The molecule has 4 aliphatic heterocycles. The molecule has 1 spiro atoms. The van der Waals surface area contributed by atoms with E-state index in [0.717, 1.165) is 22.4 Å². The molecule has 4 atom stereocenters. The Hall–Kier alpha value is -3.79. The van der Waals surface area contributed by atoms with Gasteiger partial charge in [0.2, 0.25) is 17.7 Å². The van der Waals surface area contributed by atoms with Crippen LogP contribution in [-0.4, -0.2) is 47.2 Å². The number of fused-ring (bicyclic) bond motifs is 7. The van der Waals surface area contributed by atoms with Crippen molar-refractivity contribution in [2.24, 2.45) is 11.8 Å². The van der Waals surface area contributed by atoms with Gasteiger partial charge in [-0.3, -0.25) is 29.4 Å². The van der Waals surface area contributed by atoms with E-state index in [2.05, 4.69) is 10.2 Å². The topological polar surface area (TPSA) is 122 Å².